The topological polar surface area (TPSA) is 83.9 Å². The zero-order valence-corrected chi connectivity index (χ0v) is 10.0. The maximum Gasteiger partial charge on any atom is 0.179 e. The molecule has 1 heterocycles. The number of nitrogens with two attached hydrogens (primary N) is 1. The predicted octanol–water partition coefficient (Wildman–Crippen LogP) is 1.33. The standard InChI is InChI=1S/C7H8N2O2S3/c1-12-7-6(14(2,10)11)5(9)4(3-8)13-7/h9H2,1-2H3. The van der Waals surface area contributed by atoms with Crippen LogP contribution in [0, 0.1) is 11.3 Å². The summed E-state index contributed by atoms with van der Waals surface area (Å²) in [5, 5.41) is 8.69. The van der Waals surface area contributed by atoms with Gasteiger partial charge in [-0.2, -0.15) is 5.26 Å². The first-order chi connectivity index (χ1) is 6.41. The van der Waals surface area contributed by atoms with Crippen molar-refractivity contribution in [3.63, 3.8) is 0 Å². The first-order valence-corrected chi connectivity index (χ1v) is 7.41. The van der Waals surface area contributed by atoms with Crippen molar-refractivity contribution in [1.82, 2.24) is 0 Å². The molecule has 1 aromatic heterocycles. The molecule has 0 spiro atoms. The first-order valence-electron chi connectivity index (χ1n) is 3.48. The summed E-state index contributed by atoms with van der Waals surface area (Å²) in [7, 11) is -3.35. The fraction of sp³-hybridized carbons (Fsp3) is 0.286. The molecule has 0 aliphatic rings. The third-order valence-corrected chi connectivity index (χ3v) is 5.18. The van der Waals surface area contributed by atoms with E-state index >= 15 is 0 Å². The van der Waals surface area contributed by atoms with Crippen molar-refractivity contribution >= 4 is 38.6 Å². The lowest BCUT2D eigenvalue weighted by Crippen LogP contribution is -2.01. The molecule has 0 radical (unpaired) electrons. The second-order valence-corrected chi connectivity index (χ2v) is 6.60. The predicted molar refractivity (Wildman–Crippen MR) is 58.3 cm³/mol. The van der Waals surface area contributed by atoms with Crippen LogP contribution >= 0.6 is 23.1 Å². The highest BCUT2D eigenvalue weighted by molar-refractivity contribution is 8.01. The third-order valence-electron chi connectivity index (χ3n) is 1.53. The van der Waals surface area contributed by atoms with Crippen LogP contribution in [0.2, 0.25) is 0 Å². The summed E-state index contributed by atoms with van der Waals surface area (Å²) in [5.41, 5.74) is 5.65. The van der Waals surface area contributed by atoms with Gasteiger partial charge in [0.05, 0.1) is 9.90 Å². The Kier molecular flexibility index (Phi) is 3.09. The number of hydrogen-bond donors (Lipinski definition) is 1. The molecule has 1 aromatic rings. The van der Waals surface area contributed by atoms with E-state index in [1.807, 2.05) is 6.07 Å². The molecule has 0 atom stereocenters. The summed E-state index contributed by atoms with van der Waals surface area (Å²) < 4.78 is 23.3. The van der Waals surface area contributed by atoms with Gasteiger partial charge in [-0.15, -0.1) is 23.1 Å². The Morgan fingerprint density at radius 2 is 2.14 bits per heavy atom. The Hall–Kier alpha value is -0.710. The van der Waals surface area contributed by atoms with E-state index in [0.29, 0.717) is 4.21 Å². The molecular formula is C7H8N2O2S3. The Bertz CT molecular complexity index is 496. The maximum atomic E-state index is 11.4. The highest BCUT2D eigenvalue weighted by Gasteiger charge is 2.23. The fourth-order valence-electron chi connectivity index (χ4n) is 0.976. The summed E-state index contributed by atoms with van der Waals surface area (Å²) in [4.78, 5) is 0.348. The lowest BCUT2D eigenvalue weighted by atomic mass is 10.4. The monoisotopic (exact) mass is 248 g/mol. The Morgan fingerprint density at radius 3 is 2.43 bits per heavy atom. The molecule has 0 aliphatic carbocycles. The van der Waals surface area contributed by atoms with Crippen LogP contribution in [-0.4, -0.2) is 20.9 Å². The normalized spacial score (nSPS) is 11.2. The molecule has 0 aromatic carbocycles. The van der Waals surface area contributed by atoms with Crippen molar-refractivity contribution in [1.29, 1.82) is 5.26 Å². The average molecular weight is 248 g/mol. The summed E-state index contributed by atoms with van der Waals surface area (Å²) in [6.45, 7) is 0. The van der Waals surface area contributed by atoms with E-state index in [1.165, 1.54) is 11.8 Å². The van der Waals surface area contributed by atoms with Gasteiger partial charge in [0.1, 0.15) is 15.8 Å². The average Bonchev–Trinajstić information content (AvgIpc) is 2.40. The van der Waals surface area contributed by atoms with E-state index in [0.717, 1.165) is 17.6 Å². The van der Waals surface area contributed by atoms with Gasteiger partial charge < -0.3 is 5.73 Å². The van der Waals surface area contributed by atoms with E-state index in [9.17, 15) is 8.42 Å². The maximum absolute atomic E-state index is 11.4. The molecule has 0 bridgehead atoms. The Morgan fingerprint density at radius 1 is 1.57 bits per heavy atom. The van der Waals surface area contributed by atoms with Crippen molar-refractivity contribution < 1.29 is 8.42 Å². The molecule has 76 valence electrons. The number of hydrogen-bond acceptors (Lipinski definition) is 6. The molecule has 1 rings (SSSR count). The second-order valence-electron chi connectivity index (χ2n) is 2.55. The first kappa shape index (κ1) is 11.4. The molecular weight excluding hydrogens is 240 g/mol. The van der Waals surface area contributed by atoms with Crippen LogP contribution in [0.1, 0.15) is 4.88 Å². The van der Waals surface area contributed by atoms with E-state index in [1.54, 1.807) is 6.26 Å². The van der Waals surface area contributed by atoms with Crippen molar-refractivity contribution in [2.75, 3.05) is 18.2 Å². The van der Waals surface area contributed by atoms with Gasteiger partial charge in [0.15, 0.2) is 9.84 Å². The lowest BCUT2D eigenvalue weighted by Gasteiger charge is -1.98. The SMILES string of the molecule is CSc1sc(C#N)c(N)c1S(C)(=O)=O. The number of nitriles is 1. The number of nitrogens with zero attached hydrogens (tertiary/aromatic N) is 1. The number of nitrogen functional groups attached to an aromatic ring is 1. The minimum atomic E-state index is -3.35. The highest BCUT2D eigenvalue weighted by atomic mass is 32.2. The molecule has 14 heavy (non-hydrogen) atoms. The summed E-state index contributed by atoms with van der Waals surface area (Å²) in [6.07, 6.45) is 2.84. The van der Waals surface area contributed by atoms with Crippen molar-refractivity contribution in [2.45, 2.75) is 9.10 Å². The Labute approximate surface area is 90.6 Å². The van der Waals surface area contributed by atoms with Crippen LogP contribution in [-0.2, 0) is 9.84 Å². The van der Waals surface area contributed by atoms with Gasteiger partial charge in [0, 0.05) is 6.26 Å². The van der Waals surface area contributed by atoms with Crippen molar-refractivity contribution in [3.8, 4) is 6.07 Å². The molecule has 0 saturated heterocycles. The summed E-state index contributed by atoms with van der Waals surface area (Å²) >= 11 is 2.39. The number of anilines is 1. The van der Waals surface area contributed by atoms with Crippen LogP contribution < -0.4 is 5.73 Å². The van der Waals surface area contributed by atoms with E-state index < -0.39 is 9.84 Å². The van der Waals surface area contributed by atoms with Gasteiger partial charge in [-0.3, -0.25) is 0 Å². The van der Waals surface area contributed by atoms with Gasteiger partial charge in [-0.1, -0.05) is 0 Å². The number of thioether (sulfide) groups is 1. The molecule has 7 heteroatoms. The minimum Gasteiger partial charge on any atom is -0.396 e. The quantitative estimate of drug-likeness (QED) is 0.798. The number of sulfone groups is 1. The third kappa shape index (κ3) is 1.87. The fourth-order valence-corrected chi connectivity index (χ4v) is 4.65. The number of rotatable bonds is 2. The smallest absolute Gasteiger partial charge is 0.179 e. The summed E-state index contributed by atoms with van der Waals surface area (Å²) in [5.74, 6) is 0. The van der Waals surface area contributed by atoms with Gasteiger partial charge in [-0.25, -0.2) is 8.42 Å². The highest BCUT2D eigenvalue weighted by Crippen LogP contribution is 2.39. The van der Waals surface area contributed by atoms with Gasteiger partial charge in [0.2, 0.25) is 0 Å². The molecule has 4 nitrogen and oxygen atoms in total. The molecule has 2 N–H and O–H groups in total. The molecule has 0 amide bonds. The van der Waals surface area contributed by atoms with E-state index in [4.69, 9.17) is 11.0 Å². The minimum absolute atomic E-state index is 0.0735. The van der Waals surface area contributed by atoms with Crippen LogP contribution in [0.15, 0.2) is 9.10 Å². The van der Waals surface area contributed by atoms with Gasteiger partial charge >= 0.3 is 0 Å². The Balaban J connectivity index is 3.58. The van der Waals surface area contributed by atoms with Crippen LogP contribution in [0.5, 0.6) is 0 Å². The molecule has 0 fully saturated rings. The van der Waals surface area contributed by atoms with E-state index in [-0.39, 0.29) is 15.5 Å². The largest absolute Gasteiger partial charge is 0.396 e. The van der Waals surface area contributed by atoms with Crippen LogP contribution in [0.25, 0.3) is 0 Å². The zero-order valence-electron chi connectivity index (χ0n) is 7.57. The lowest BCUT2D eigenvalue weighted by molar-refractivity contribution is 0.601. The van der Waals surface area contributed by atoms with Crippen molar-refractivity contribution in [3.05, 3.63) is 4.88 Å². The van der Waals surface area contributed by atoms with Crippen LogP contribution in [0.4, 0.5) is 5.69 Å². The molecule has 0 aliphatic heterocycles. The summed E-state index contributed by atoms with van der Waals surface area (Å²) in [6, 6.07) is 1.88. The number of thiophene rings is 1. The van der Waals surface area contributed by atoms with E-state index in [2.05, 4.69) is 0 Å². The van der Waals surface area contributed by atoms with Crippen LogP contribution in [0.3, 0.4) is 0 Å². The zero-order chi connectivity index (χ0) is 10.9. The molecule has 0 saturated carbocycles. The van der Waals surface area contributed by atoms with Gasteiger partial charge in [0.25, 0.3) is 0 Å². The van der Waals surface area contributed by atoms with Gasteiger partial charge in [-0.05, 0) is 6.26 Å². The molecule has 0 unspecified atom stereocenters. The second kappa shape index (κ2) is 3.81. The van der Waals surface area contributed by atoms with Crippen molar-refractivity contribution in [2.24, 2.45) is 0 Å².